The highest BCUT2D eigenvalue weighted by atomic mass is 19.4. The van der Waals surface area contributed by atoms with Crippen molar-refractivity contribution in [1.82, 2.24) is 15.2 Å². The number of carbonyl (C=O) groups excluding carboxylic acids is 1. The zero-order valence-electron chi connectivity index (χ0n) is 16.5. The first-order valence-corrected chi connectivity index (χ1v) is 9.87. The average molecular weight is 427 g/mol. The average Bonchev–Trinajstić information content (AvgIpc) is 2.80. The van der Waals surface area contributed by atoms with Crippen molar-refractivity contribution in [1.29, 1.82) is 0 Å². The van der Waals surface area contributed by atoms with Gasteiger partial charge in [0.1, 0.15) is 0 Å². The minimum Gasteiger partial charge on any atom is -0.354 e. The molecule has 0 radical (unpaired) electrons. The van der Waals surface area contributed by atoms with Gasteiger partial charge in [0.15, 0.2) is 5.82 Å². The molecule has 0 saturated carbocycles. The molecule has 1 fully saturated rings. The number of amides is 1. The molecule has 4 rings (SSSR count). The summed E-state index contributed by atoms with van der Waals surface area (Å²) in [5, 5.41) is 11.3. The van der Waals surface area contributed by atoms with Gasteiger partial charge < -0.3 is 10.2 Å². The zero-order chi connectivity index (χ0) is 21.8. The standard InChI is InChI=1S/C22H20F3N5O/c23-22(24,25)17-5-7-18(8-6-17)27-21(31)16-4-2-12-30(14-16)20-10-9-19(28-29-20)15-3-1-11-26-13-15/h1,3,5-11,13,16H,2,4,12,14H2,(H,27,31). The summed E-state index contributed by atoms with van der Waals surface area (Å²) < 4.78 is 38.1. The van der Waals surface area contributed by atoms with Crippen LogP contribution in [0.2, 0.25) is 0 Å². The summed E-state index contributed by atoms with van der Waals surface area (Å²) in [5.74, 6) is 0.167. The Bertz CT molecular complexity index is 1020. The van der Waals surface area contributed by atoms with Crippen LogP contribution in [0.25, 0.3) is 11.3 Å². The van der Waals surface area contributed by atoms with Gasteiger partial charge in [-0.05, 0) is 61.4 Å². The topological polar surface area (TPSA) is 71.0 Å². The Balaban J connectivity index is 1.39. The normalized spacial score (nSPS) is 16.7. The van der Waals surface area contributed by atoms with Gasteiger partial charge in [0, 0.05) is 36.7 Å². The van der Waals surface area contributed by atoms with Gasteiger partial charge in [0.25, 0.3) is 0 Å². The van der Waals surface area contributed by atoms with E-state index in [9.17, 15) is 18.0 Å². The van der Waals surface area contributed by atoms with Gasteiger partial charge in [-0.25, -0.2) is 0 Å². The van der Waals surface area contributed by atoms with Crippen LogP contribution < -0.4 is 10.2 Å². The van der Waals surface area contributed by atoms with Gasteiger partial charge >= 0.3 is 6.18 Å². The Morgan fingerprint density at radius 3 is 2.52 bits per heavy atom. The van der Waals surface area contributed by atoms with Crippen molar-refractivity contribution >= 4 is 17.4 Å². The maximum absolute atomic E-state index is 12.7. The SMILES string of the molecule is O=C(Nc1ccc(C(F)(F)F)cc1)C1CCCN(c2ccc(-c3cccnc3)nn2)C1. The Kier molecular flexibility index (Phi) is 5.83. The molecule has 2 aromatic heterocycles. The van der Waals surface area contributed by atoms with Gasteiger partial charge in [-0.1, -0.05) is 0 Å². The molecule has 1 atom stereocenters. The summed E-state index contributed by atoms with van der Waals surface area (Å²) in [5.41, 5.74) is 1.18. The van der Waals surface area contributed by atoms with Gasteiger partial charge in [-0.15, -0.1) is 10.2 Å². The fourth-order valence-corrected chi connectivity index (χ4v) is 3.55. The van der Waals surface area contributed by atoms with Crippen LogP contribution in [-0.4, -0.2) is 34.2 Å². The van der Waals surface area contributed by atoms with Crippen LogP contribution in [0.4, 0.5) is 24.7 Å². The van der Waals surface area contributed by atoms with Crippen molar-refractivity contribution in [3.05, 3.63) is 66.5 Å². The molecule has 1 unspecified atom stereocenters. The van der Waals surface area contributed by atoms with Crippen molar-refractivity contribution < 1.29 is 18.0 Å². The number of carbonyl (C=O) groups is 1. The number of aromatic nitrogens is 3. The van der Waals surface area contributed by atoms with E-state index in [1.54, 1.807) is 12.4 Å². The third kappa shape index (κ3) is 4.99. The minimum atomic E-state index is -4.40. The Morgan fingerprint density at radius 1 is 1.06 bits per heavy atom. The number of benzene rings is 1. The van der Waals surface area contributed by atoms with Crippen molar-refractivity contribution in [2.75, 3.05) is 23.3 Å². The van der Waals surface area contributed by atoms with Gasteiger partial charge in [-0.3, -0.25) is 9.78 Å². The monoisotopic (exact) mass is 427 g/mol. The number of nitrogens with one attached hydrogen (secondary N) is 1. The maximum Gasteiger partial charge on any atom is 0.416 e. The number of anilines is 2. The Hall–Kier alpha value is -3.49. The fourth-order valence-electron chi connectivity index (χ4n) is 3.55. The third-order valence-corrected chi connectivity index (χ3v) is 5.20. The Morgan fingerprint density at radius 2 is 1.87 bits per heavy atom. The molecule has 160 valence electrons. The van der Waals surface area contributed by atoms with Gasteiger partial charge in [0.2, 0.25) is 5.91 Å². The van der Waals surface area contributed by atoms with E-state index in [0.717, 1.165) is 30.7 Å². The summed E-state index contributed by atoms with van der Waals surface area (Å²) in [6.07, 6.45) is 0.502. The molecule has 9 heteroatoms. The molecule has 0 spiro atoms. The molecule has 1 saturated heterocycles. The van der Waals surface area contributed by atoms with E-state index in [1.165, 1.54) is 12.1 Å². The summed E-state index contributed by atoms with van der Waals surface area (Å²) in [6.45, 7) is 1.22. The van der Waals surface area contributed by atoms with E-state index in [1.807, 2.05) is 29.2 Å². The van der Waals surface area contributed by atoms with E-state index < -0.39 is 11.7 Å². The molecular weight excluding hydrogens is 407 g/mol. The predicted octanol–water partition coefficient (Wildman–Crippen LogP) is 4.41. The van der Waals surface area contributed by atoms with Crippen LogP contribution in [-0.2, 0) is 11.0 Å². The van der Waals surface area contributed by atoms with Crippen LogP contribution in [0.3, 0.4) is 0 Å². The van der Waals surface area contributed by atoms with Crippen LogP contribution >= 0.6 is 0 Å². The van der Waals surface area contributed by atoms with Gasteiger partial charge in [-0.2, -0.15) is 13.2 Å². The molecular formula is C22H20F3N5O. The number of piperidine rings is 1. The summed E-state index contributed by atoms with van der Waals surface area (Å²) >= 11 is 0. The zero-order valence-corrected chi connectivity index (χ0v) is 16.5. The highest BCUT2D eigenvalue weighted by Crippen LogP contribution is 2.30. The molecule has 6 nitrogen and oxygen atoms in total. The fraction of sp³-hybridized carbons (Fsp3) is 0.273. The molecule has 1 N–H and O–H groups in total. The van der Waals surface area contributed by atoms with Crippen molar-refractivity contribution in [3.8, 4) is 11.3 Å². The Labute approximate surface area is 177 Å². The van der Waals surface area contributed by atoms with E-state index in [4.69, 9.17) is 0 Å². The van der Waals surface area contributed by atoms with E-state index >= 15 is 0 Å². The molecule has 0 aliphatic carbocycles. The van der Waals surface area contributed by atoms with E-state index in [0.29, 0.717) is 30.2 Å². The number of nitrogens with zero attached hydrogens (tertiary/aromatic N) is 4. The number of halogens is 3. The second-order valence-electron chi connectivity index (χ2n) is 7.37. The molecule has 3 heterocycles. The number of rotatable bonds is 4. The summed E-state index contributed by atoms with van der Waals surface area (Å²) in [7, 11) is 0. The summed E-state index contributed by atoms with van der Waals surface area (Å²) in [6, 6.07) is 11.9. The van der Waals surface area contributed by atoms with Crippen molar-refractivity contribution in [3.63, 3.8) is 0 Å². The van der Waals surface area contributed by atoms with E-state index in [2.05, 4.69) is 20.5 Å². The molecule has 3 aromatic rings. The molecule has 0 bridgehead atoms. The van der Waals surface area contributed by atoms with E-state index in [-0.39, 0.29) is 11.8 Å². The first kappa shape index (κ1) is 20.8. The molecule has 1 aliphatic rings. The minimum absolute atomic E-state index is 0.218. The summed E-state index contributed by atoms with van der Waals surface area (Å²) in [4.78, 5) is 18.7. The lowest BCUT2D eigenvalue weighted by atomic mass is 9.97. The number of pyridine rings is 1. The first-order valence-electron chi connectivity index (χ1n) is 9.87. The number of hydrogen-bond acceptors (Lipinski definition) is 5. The van der Waals surface area contributed by atoms with Crippen molar-refractivity contribution in [2.45, 2.75) is 19.0 Å². The molecule has 1 amide bonds. The molecule has 1 aromatic carbocycles. The smallest absolute Gasteiger partial charge is 0.354 e. The van der Waals surface area contributed by atoms with Crippen LogP contribution in [0.15, 0.2) is 60.9 Å². The first-order chi connectivity index (χ1) is 14.9. The molecule has 1 aliphatic heterocycles. The maximum atomic E-state index is 12.7. The van der Waals surface area contributed by atoms with Crippen LogP contribution in [0, 0.1) is 5.92 Å². The largest absolute Gasteiger partial charge is 0.416 e. The third-order valence-electron chi connectivity index (χ3n) is 5.20. The molecule has 31 heavy (non-hydrogen) atoms. The van der Waals surface area contributed by atoms with Crippen LogP contribution in [0.5, 0.6) is 0 Å². The number of hydrogen-bond donors (Lipinski definition) is 1. The van der Waals surface area contributed by atoms with Gasteiger partial charge in [0.05, 0.1) is 17.2 Å². The second kappa shape index (κ2) is 8.71. The van der Waals surface area contributed by atoms with Crippen molar-refractivity contribution in [2.24, 2.45) is 5.92 Å². The quantitative estimate of drug-likeness (QED) is 0.668. The lowest BCUT2D eigenvalue weighted by Crippen LogP contribution is -2.41. The number of alkyl halides is 3. The highest BCUT2D eigenvalue weighted by molar-refractivity contribution is 5.93. The highest BCUT2D eigenvalue weighted by Gasteiger charge is 2.30. The second-order valence-corrected chi connectivity index (χ2v) is 7.37. The van der Waals surface area contributed by atoms with Crippen LogP contribution in [0.1, 0.15) is 18.4 Å². The lowest BCUT2D eigenvalue weighted by Gasteiger charge is -2.32. The predicted molar refractivity (Wildman–Crippen MR) is 110 cm³/mol. The lowest BCUT2D eigenvalue weighted by molar-refractivity contribution is -0.137.